The van der Waals surface area contributed by atoms with Gasteiger partial charge in [0.25, 0.3) is 0 Å². The number of aryl methyl sites for hydroxylation is 1. The Hall–Kier alpha value is -1.91. The van der Waals surface area contributed by atoms with Gasteiger partial charge >= 0.3 is 0 Å². The number of anilines is 1. The van der Waals surface area contributed by atoms with Crippen molar-refractivity contribution in [3.8, 4) is 0 Å². The molecule has 0 aromatic carbocycles. The molecule has 0 bridgehead atoms. The van der Waals surface area contributed by atoms with Gasteiger partial charge in [0.1, 0.15) is 12.1 Å². The van der Waals surface area contributed by atoms with Crippen LogP contribution in [0, 0.1) is 0 Å². The van der Waals surface area contributed by atoms with E-state index >= 15 is 0 Å². The number of hydrogen-bond acceptors (Lipinski definition) is 4. The Balaban J connectivity index is 2.04. The highest BCUT2D eigenvalue weighted by molar-refractivity contribution is 5.36. The molecule has 1 N–H and O–H groups in total. The lowest BCUT2D eigenvalue weighted by atomic mass is 10.1. The molecule has 0 saturated heterocycles. The number of hydrogen-bond donors (Lipinski definition) is 1. The van der Waals surface area contributed by atoms with Crippen LogP contribution in [-0.4, -0.2) is 19.7 Å². The van der Waals surface area contributed by atoms with Crippen molar-refractivity contribution in [1.29, 1.82) is 0 Å². The maximum atomic E-state index is 4.23. The van der Waals surface area contributed by atoms with Crippen molar-refractivity contribution in [2.45, 2.75) is 26.3 Å². The maximum absolute atomic E-state index is 4.23. The molecule has 0 radical (unpaired) electrons. The molecule has 90 valence electrons. The van der Waals surface area contributed by atoms with E-state index in [-0.39, 0.29) is 0 Å². The highest BCUT2D eigenvalue weighted by Crippen LogP contribution is 2.14. The van der Waals surface area contributed by atoms with Crippen LogP contribution in [0.15, 0.2) is 24.7 Å². The largest absolute Gasteiger partial charge is 0.364 e. The molecule has 0 unspecified atom stereocenters. The van der Waals surface area contributed by atoms with Crippen molar-refractivity contribution < 1.29 is 0 Å². The highest BCUT2D eigenvalue weighted by atomic mass is 15.3. The average Bonchev–Trinajstić information content (AvgIpc) is 2.72. The van der Waals surface area contributed by atoms with Gasteiger partial charge in [0.05, 0.1) is 12.2 Å². The van der Waals surface area contributed by atoms with E-state index in [0.717, 1.165) is 17.2 Å². The van der Waals surface area contributed by atoms with E-state index < -0.39 is 0 Å². The fourth-order valence-electron chi connectivity index (χ4n) is 1.54. The Kier molecular flexibility index (Phi) is 3.37. The molecule has 0 spiro atoms. The van der Waals surface area contributed by atoms with Crippen LogP contribution in [0.25, 0.3) is 0 Å². The third-order valence-corrected chi connectivity index (χ3v) is 2.65. The van der Waals surface area contributed by atoms with E-state index in [1.54, 1.807) is 12.5 Å². The summed E-state index contributed by atoms with van der Waals surface area (Å²) in [5.74, 6) is 1.26. The topological polar surface area (TPSA) is 55.6 Å². The van der Waals surface area contributed by atoms with Gasteiger partial charge in [-0.15, -0.1) is 0 Å². The van der Waals surface area contributed by atoms with Gasteiger partial charge in [0.2, 0.25) is 0 Å². The van der Waals surface area contributed by atoms with Gasteiger partial charge in [-0.1, -0.05) is 13.8 Å². The van der Waals surface area contributed by atoms with Crippen LogP contribution in [-0.2, 0) is 13.6 Å². The summed E-state index contributed by atoms with van der Waals surface area (Å²) in [7, 11) is 1.93. The van der Waals surface area contributed by atoms with Crippen LogP contribution in [0.5, 0.6) is 0 Å². The first-order valence-corrected chi connectivity index (χ1v) is 5.69. The minimum atomic E-state index is 0.412. The molecule has 5 heteroatoms. The number of rotatable bonds is 4. The molecule has 0 saturated carbocycles. The molecule has 2 rings (SSSR count). The fraction of sp³-hybridized carbons (Fsp3) is 0.417. The number of nitrogens with zero attached hydrogens (tertiary/aromatic N) is 4. The van der Waals surface area contributed by atoms with Crippen LogP contribution in [0.2, 0.25) is 0 Å². The van der Waals surface area contributed by atoms with E-state index in [9.17, 15) is 0 Å². The lowest BCUT2D eigenvalue weighted by Crippen LogP contribution is -2.07. The molecule has 2 aromatic rings. The maximum Gasteiger partial charge on any atom is 0.129 e. The fourth-order valence-corrected chi connectivity index (χ4v) is 1.54. The highest BCUT2D eigenvalue weighted by Gasteiger charge is 2.03. The van der Waals surface area contributed by atoms with Gasteiger partial charge < -0.3 is 5.32 Å². The van der Waals surface area contributed by atoms with Crippen molar-refractivity contribution >= 4 is 5.82 Å². The van der Waals surface area contributed by atoms with E-state index in [0.29, 0.717) is 12.5 Å². The van der Waals surface area contributed by atoms with Gasteiger partial charge in [0, 0.05) is 25.0 Å². The van der Waals surface area contributed by atoms with Crippen molar-refractivity contribution in [3.05, 3.63) is 36.0 Å². The van der Waals surface area contributed by atoms with Gasteiger partial charge in [-0.2, -0.15) is 5.10 Å². The zero-order valence-corrected chi connectivity index (χ0v) is 10.4. The smallest absolute Gasteiger partial charge is 0.129 e. The number of aromatic nitrogens is 4. The normalized spacial score (nSPS) is 10.8. The van der Waals surface area contributed by atoms with Crippen LogP contribution in [0.4, 0.5) is 5.82 Å². The van der Waals surface area contributed by atoms with E-state index in [1.165, 1.54) is 0 Å². The second kappa shape index (κ2) is 4.95. The zero-order valence-electron chi connectivity index (χ0n) is 10.4. The first-order valence-electron chi connectivity index (χ1n) is 5.69. The van der Waals surface area contributed by atoms with Crippen molar-refractivity contribution in [3.63, 3.8) is 0 Å². The molecule has 0 fully saturated rings. The SMILES string of the molecule is CC(C)c1cc(NCc2ccnn2C)ncn1. The summed E-state index contributed by atoms with van der Waals surface area (Å²) in [4.78, 5) is 8.43. The van der Waals surface area contributed by atoms with Crippen LogP contribution >= 0.6 is 0 Å². The van der Waals surface area contributed by atoms with Gasteiger partial charge in [0.15, 0.2) is 0 Å². The predicted molar refractivity (Wildman–Crippen MR) is 66.7 cm³/mol. The second-order valence-corrected chi connectivity index (χ2v) is 4.28. The minimum absolute atomic E-state index is 0.412. The van der Waals surface area contributed by atoms with Gasteiger partial charge in [-0.25, -0.2) is 9.97 Å². The molecule has 0 aliphatic carbocycles. The Morgan fingerprint density at radius 1 is 1.35 bits per heavy atom. The van der Waals surface area contributed by atoms with Crippen LogP contribution in [0.3, 0.4) is 0 Å². The lowest BCUT2D eigenvalue weighted by molar-refractivity contribution is 0.719. The molecule has 0 amide bonds. The Bertz CT molecular complexity index is 489. The van der Waals surface area contributed by atoms with Crippen molar-refractivity contribution in [2.24, 2.45) is 7.05 Å². The first kappa shape index (κ1) is 11.6. The van der Waals surface area contributed by atoms with Crippen molar-refractivity contribution in [1.82, 2.24) is 19.7 Å². The van der Waals surface area contributed by atoms with Gasteiger partial charge in [-0.05, 0) is 12.0 Å². The molecule has 17 heavy (non-hydrogen) atoms. The third kappa shape index (κ3) is 2.81. The monoisotopic (exact) mass is 231 g/mol. The first-order chi connectivity index (χ1) is 8.16. The zero-order chi connectivity index (χ0) is 12.3. The Morgan fingerprint density at radius 3 is 2.82 bits per heavy atom. The van der Waals surface area contributed by atoms with Crippen LogP contribution < -0.4 is 5.32 Å². The molecule has 0 aliphatic heterocycles. The summed E-state index contributed by atoms with van der Waals surface area (Å²) in [6.45, 7) is 4.95. The molecule has 2 aromatic heterocycles. The Labute approximate surface area is 101 Å². The molecular weight excluding hydrogens is 214 g/mol. The summed E-state index contributed by atoms with van der Waals surface area (Å²) < 4.78 is 1.84. The molecular formula is C12H17N5. The molecule has 0 atom stereocenters. The average molecular weight is 231 g/mol. The molecule has 2 heterocycles. The summed E-state index contributed by atoms with van der Waals surface area (Å²) in [5.41, 5.74) is 2.17. The standard InChI is InChI=1S/C12H17N5/c1-9(2)11-6-12(15-8-14-11)13-7-10-4-5-16-17(10)3/h4-6,8-9H,7H2,1-3H3,(H,13,14,15). The van der Waals surface area contributed by atoms with E-state index in [4.69, 9.17) is 0 Å². The second-order valence-electron chi connectivity index (χ2n) is 4.28. The van der Waals surface area contributed by atoms with Gasteiger partial charge in [-0.3, -0.25) is 4.68 Å². The van der Waals surface area contributed by atoms with E-state index in [2.05, 4.69) is 34.2 Å². The van der Waals surface area contributed by atoms with Crippen molar-refractivity contribution in [2.75, 3.05) is 5.32 Å². The summed E-state index contributed by atoms with van der Waals surface area (Å²) in [5, 5.41) is 7.39. The van der Waals surface area contributed by atoms with E-state index in [1.807, 2.05) is 23.9 Å². The third-order valence-electron chi connectivity index (χ3n) is 2.65. The minimum Gasteiger partial charge on any atom is -0.364 e. The summed E-state index contributed by atoms with van der Waals surface area (Å²) in [6.07, 6.45) is 3.39. The summed E-state index contributed by atoms with van der Waals surface area (Å²) in [6, 6.07) is 3.97. The Morgan fingerprint density at radius 2 is 2.18 bits per heavy atom. The quantitative estimate of drug-likeness (QED) is 0.873. The predicted octanol–water partition coefficient (Wildman–Crippen LogP) is 1.95. The summed E-state index contributed by atoms with van der Waals surface area (Å²) >= 11 is 0. The lowest BCUT2D eigenvalue weighted by Gasteiger charge is -2.08. The number of nitrogens with one attached hydrogen (secondary N) is 1. The molecule has 0 aliphatic rings. The van der Waals surface area contributed by atoms with Crippen LogP contribution in [0.1, 0.15) is 31.2 Å². The molecule has 5 nitrogen and oxygen atoms in total.